The van der Waals surface area contributed by atoms with Crippen molar-refractivity contribution in [3.8, 4) is 45.0 Å². The van der Waals surface area contributed by atoms with E-state index in [0.29, 0.717) is 41.6 Å². The van der Waals surface area contributed by atoms with Crippen molar-refractivity contribution in [1.29, 1.82) is 0 Å². The molecule has 0 aliphatic heterocycles. The van der Waals surface area contributed by atoms with E-state index in [1.165, 1.54) is 12.1 Å². The number of hydrogen-bond acceptors (Lipinski definition) is 3. The van der Waals surface area contributed by atoms with Crippen LogP contribution in [-0.2, 0) is 12.5 Å². The summed E-state index contributed by atoms with van der Waals surface area (Å²) in [5, 5.41) is 0. The van der Waals surface area contributed by atoms with Gasteiger partial charge in [0.25, 0.3) is 0 Å². The molecule has 0 aliphatic carbocycles. The first-order valence-electron chi connectivity index (χ1n) is 14.8. The minimum Gasteiger partial charge on any atom is -0.429 e. The molecule has 0 amide bonds. The van der Waals surface area contributed by atoms with Gasteiger partial charge in [0.2, 0.25) is 0 Å². The number of ether oxygens (including phenoxy) is 2. The number of alkyl halides is 4. The monoisotopic (exact) mass is 693 g/mol. The van der Waals surface area contributed by atoms with Crippen molar-refractivity contribution in [3.05, 3.63) is 125 Å². The Balaban J connectivity index is 1.35. The van der Waals surface area contributed by atoms with E-state index in [4.69, 9.17) is 0 Å². The molecule has 5 rings (SSSR count). The van der Waals surface area contributed by atoms with E-state index in [1.807, 2.05) is 6.07 Å². The van der Waals surface area contributed by atoms with Crippen LogP contribution in [0.4, 0.5) is 43.9 Å². The van der Waals surface area contributed by atoms with E-state index in [-0.39, 0.29) is 5.56 Å². The molecule has 1 heterocycles. The third-order valence-corrected chi connectivity index (χ3v) is 7.51. The van der Waals surface area contributed by atoms with Crippen LogP contribution in [0.15, 0.2) is 79.0 Å². The maximum absolute atomic E-state index is 15.1. The zero-order valence-corrected chi connectivity index (χ0v) is 25.5. The highest BCUT2D eigenvalue weighted by Gasteiger charge is 2.41. The van der Waals surface area contributed by atoms with Gasteiger partial charge in [0.15, 0.2) is 17.4 Å². The Kier molecular flexibility index (Phi) is 10.5. The van der Waals surface area contributed by atoms with Crippen molar-refractivity contribution in [2.45, 2.75) is 45.3 Å². The van der Waals surface area contributed by atoms with Gasteiger partial charge in [-0.1, -0.05) is 38.0 Å². The van der Waals surface area contributed by atoms with E-state index in [2.05, 4.69) is 21.4 Å². The average molecular weight is 694 g/mol. The van der Waals surface area contributed by atoms with Gasteiger partial charge in [-0.25, -0.2) is 26.3 Å². The Morgan fingerprint density at radius 3 is 1.76 bits per heavy atom. The summed E-state index contributed by atoms with van der Waals surface area (Å²) in [5.74, 6) is -11.4. The summed E-state index contributed by atoms with van der Waals surface area (Å²) >= 11 is 0. The SMILES string of the molecule is CCCCCc1ccc(-c2ccc(-c3cc(F)c(C(F)(F)Oc4ccc(-c5cc(F)c(OC(F)F)c(F)c5)c(F)c4)c(F)c3)c(F)c2)nc1. The molecule has 0 N–H and O–H groups in total. The van der Waals surface area contributed by atoms with E-state index < -0.39 is 81.4 Å². The normalized spacial score (nSPS) is 11.7. The molecular weight excluding hydrogens is 668 g/mol. The third-order valence-electron chi connectivity index (χ3n) is 7.51. The van der Waals surface area contributed by atoms with Gasteiger partial charge in [-0.2, -0.15) is 17.6 Å². The lowest BCUT2D eigenvalue weighted by atomic mass is 9.99. The second-order valence-corrected chi connectivity index (χ2v) is 10.9. The van der Waals surface area contributed by atoms with E-state index in [1.54, 1.807) is 12.3 Å². The zero-order chi connectivity index (χ0) is 35.5. The molecule has 13 heteroatoms. The quantitative estimate of drug-likeness (QED) is 0.0963. The van der Waals surface area contributed by atoms with Crippen LogP contribution in [0.1, 0.15) is 37.3 Å². The topological polar surface area (TPSA) is 31.4 Å². The Morgan fingerprint density at radius 2 is 1.22 bits per heavy atom. The van der Waals surface area contributed by atoms with Gasteiger partial charge in [-0.15, -0.1) is 0 Å². The van der Waals surface area contributed by atoms with Crippen LogP contribution in [0.25, 0.3) is 33.5 Å². The predicted octanol–water partition coefficient (Wildman–Crippen LogP) is 11.4. The average Bonchev–Trinajstić information content (AvgIpc) is 3.02. The number of aryl methyl sites for hydroxylation is 1. The van der Waals surface area contributed by atoms with Crippen LogP contribution in [0.3, 0.4) is 0 Å². The minimum atomic E-state index is -4.72. The Hall–Kier alpha value is -5.07. The molecule has 4 aromatic carbocycles. The van der Waals surface area contributed by atoms with Gasteiger partial charge in [0.05, 0.1) is 5.69 Å². The molecule has 0 saturated carbocycles. The molecule has 0 atom stereocenters. The molecule has 0 spiro atoms. The largest absolute Gasteiger partial charge is 0.432 e. The van der Waals surface area contributed by atoms with Crippen molar-refractivity contribution >= 4 is 0 Å². The van der Waals surface area contributed by atoms with Crippen LogP contribution in [-0.4, -0.2) is 11.6 Å². The smallest absolute Gasteiger partial charge is 0.429 e. The summed E-state index contributed by atoms with van der Waals surface area (Å²) in [5.41, 5.74) is -1.73. The molecule has 256 valence electrons. The first-order chi connectivity index (χ1) is 23.3. The summed E-state index contributed by atoms with van der Waals surface area (Å²) in [4.78, 5) is 4.35. The number of unbranched alkanes of at least 4 members (excludes halogenated alkanes) is 2. The molecule has 0 radical (unpaired) electrons. The zero-order valence-electron chi connectivity index (χ0n) is 25.5. The molecule has 0 aliphatic rings. The molecule has 3 nitrogen and oxygen atoms in total. The lowest BCUT2D eigenvalue weighted by Gasteiger charge is -2.20. The number of benzene rings is 4. The van der Waals surface area contributed by atoms with Crippen LogP contribution in [0, 0.1) is 34.9 Å². The van der Waals surface area contributed by atoms with Crippen LogP contribution in [0.2, 0.25) is 0 Å². The van der Waals surface area contributed by atoms with Gasteiger partial charge in [-0.05, 0) is 78.1 Å². The second-order valence-electron chi connectivity index (χ2n) is 10.9. The highest BCUT2D eigenvalue weighted by molar-refractivity contribution is 5.70. The third kappa shape index (κ3) is 7.98. The van der Waals surface area contributed by atoms with Gasteiger partial charge in [0.1, 0.15) is 34.6 Å². The van der Waals surface area contributed by atoms with Crippen molar-refractivity contribution in [2.24, 2.45) is 0 Å². The van der Waals surface area contributed by atoms with Crippen molar-refractivity contribution in [3.63, 3.8) is 0 Å². The summed E-state index contributed by atoms with van der Waals surface area (Å²) in [6.45, 7) is -1.45. The number of rotatable bonds is 12. The molecule has 49 heavy (non-hydrogen) atoms. The number of hydrogen-bond donors (Lipinski definition) is 0. The van der Waals surface area contributed by atoms with Crippen molar-refractivity contribution in [1.82, 2.24) is 4.98 Å². The van der Waals surface area contributed by atoms with Gasteiger partial charge >= 0.3 is 12.7 Å². The molecule has 1 aromatic heterocycles. The molecule has 0 unspecified atom stereocenters. The van der Waals surface area contributed by atoms with Crippen LogP contribution >= 0.6 is 0 Å². The Labute approximate surface area is 273 Å². The number of nitrogens with zero attached hydrogens (tertiary/aromatic N) is 1. The molecule has 0 saturated heterocycles. The maximum atomic E-state index is 15.1. The molecule has 0 fully saturated rings. The summed E-state index contributed by atoms with van der Waals surface area (Å²) in [7, 11) is 0. The standard InChI is InChI=1S/C36H25F10NO2/c1-2-3-4-5-19-6-11-32(47-18-19)20-7-9-24(26(37)12-20)21-13-28(39)33(29(40)14-21)36(45,46)49-23-8-10-25(27(38)17-23)22-15-30(41)34(31(42)16-22)48-35(43)44/h6-18,35H,2-5H2,1H3. The number of pyridine rings is 1. The lowest BCUT2D eigenvalue weighted by molar-refractivity contribution is -0.189. The Bertz CT molecular complexity index is 1920. The first kappa shape index (κ1) is 35.2. The van der Waals surface area contributed by atoms with E-state index in [0.717, 1.165) is 49.4 Å². The fourth-order valence-corrected chi connectivity index (χ4v) is 5.15. The lowest BCUT2D eigenvalue weighted by Crippen LogP contribution is -2.25. The fraction of sp³-hybridized carbons (Fsp3) is 0.194. The summed E-state index contributed by atoms with van der Waals surface area (Å²) in [6.07, 6.45) is 0.965. The van der Waals surface area contributed by atoms with Gasteiger partial charge in [0, 0.05) is 29.0 Å². The van der Waals surface area contributed by atoms with Crippen molar-refractivity contribution < 1.29 is 53.4 Å². The minimum absolute atomic E-state index is 0.284. The highest BCUT2D eigenvalue weighted by Crippen LogP contribution is 2.39. The second kappa shape index (κ2) is 14.6. The highest BCUT2D eigenvalue weighted by atomic mass is 19.3. The van der Waals surface area contributed by atoms with Crippen molar-refractivity contribution in [2.75, 3.05) is 0 Å². The van der Waals surface area contributed by atoms with Gasteiger partial charge in [-0.3, -0.25) is 4.98 Å². The molecular formula is C36H25F10NO2. The van der Waals surface area contributed by atoms with E-state index in [9.17, 15) is 22.0 Å². The number of aromatic nitrogens is 1. The van der Waals surface area contributed by atoms with Crippen LogP contribution in [0.5, 0.6) is 11.5 Å². The predicted molar refractivity (Wildman–Crippen MR) is 161 cm³/mol. The summed E-state index contributed by atoms with van der Waals surface area (Å²) in [6, 6.07) is 11.2. The summed E-state index contributed by atoms with van der Waals surface area (Å²) < 4.78 is 151. The Morgan fingerprint density at radius 1 is 0.653 bits per heavy atom. The van der Waals surface area contributed by atoms with Gasteiger partial charge < -0.3 is 9.47 Å². The van der Waals surface area contributed by atoms with E-state index >= 15 is 22.0 Å². The number of halogens is 10. The molecule has 0 bridgehead atoms. The fourth-order valence-electron chi connectivity index (χ4n) is 5.15. The maximum Gasteiger partial charge on any atom is 0.432 e. The molecule has 5 aromatic rings. The van der Waals surface area contributed by atoms with Crippen LogP contribution < -0.4 is 9.47 Å². The first-order valence-corrected chi connectivity index (χ1v) is 14.8.